The molecule has 0 atom stereocenters. The molecule has 0 unspecified atom stereocenters. The van der Waals surface area contributed by atoms with Gasteiger partial charge in [-0.1, -0.05) is 26.0 Å². The third-order valence-corrected chi connectivity index (χ3v) is 7.51. The number of fused-ring (bicyclic) bond motifs is 2. The van der Waals surface area contributed by atoms with Gasteiger partial charge < -0.3 is 35.2 Å². The maximum Gasteiger partial charge on any atom is 0.257 e. The number of piperidine rings is 1. The largest absolute Gasteiger partial charge is 0.494 e. The van der Waals surface area contributed by atoms with Gasteiger partial charge in [-0.2, -0.15) is 4.98 Å². The molecule has 0 radical (unpaired) electrons. The molecule has 3 aromatic rings. The van der Waals surface area contributed by atoms with Gasteiger partial charge in [-0.25, -0.2) is 4.98 Å². The van der Waals surface area contributed by atoms with Crippen LogP contribution in [0.4, 0.5) is 34.5 Å². The van der Waals surface area contributed by atoms with Crippen molar-refractivity contribution in [1.29, 1.82) is 0 Å². The number of hydrogen-bond donors (Lipinski definition) is 3. The van der Waals surface area contributed by atoms with Gasteiger partial charge in [0.15, 0.2) is 5.82 Å². The molecule has 2 aliphatic rings. The molecule has 39 heavy (non-hydrogen) atoms. The lowest BCUT2D eigenvalue weighted by molar-refractivity contribution is 0.102. The number of hydrogen-bond acceptors (Lipinski definition) is 9. The topological polar surface area (TPSA) is 106 Å². The second kappa shape index (κ2) is 11.9. The van der Waals surface area contributed by atoms with Crippen LogP contribution in [0.2, 0.25) is 0 Å². The predicted octanol–water partition coefficient (Wildman–Crippen LogP) is 4.24. The molecule has 0 aliphatic carbocycles. The summed E-state index contributed by atoms with van der Waals surface area (Å²) in [5.41, 5.74) is 3.78. The summed E-state index contributed by atoms with van der Waals surface area (Å²) in [6.45, 7) is 9.29. The van der Waals surface area contributed by atoms with Crippen molar-refractivity contribution in [2.24, 2.45) is 0 Å². The van der Waals surface area contributed by atoms with Crippen molar-refractivity contribution < 1.29 is 14.6 Å². The maximum atomic E-state index is 13.1. The Kier molecular flexibility index (Phi) is 8.13. The highest BCUT2D eigenvalue weighted by molar-refractivity contribution is 6.12. The summed E-state index contributed by atoms with van der Waals surface area (Å²) in [5.74, 6) is 1.54. The van der Waals surface area contributed by atoms with Gasteiger partial charge in [0, 0.05) is 37.9 Å². The Hall–Kier alpha value is -3.89. The number of aliphatic hydroxyl groups is 1. The smallest absolute Gasteiger partial charge is 0.257 e. The minimum Gasteiger partial charge on any atom is -0.494 e. The first kappa shape index (κ1) is 26.7. The molecule has 0 spiro atoms. The van der Waals surface area contributed by atoms with E-state index in [1.54, 1.807) is 13.3 Å². The number of para-hydroxylation sites is 1. The fraction of sp³-hybridized carbons (Fsp3) is 0.414. The van der Waals surface area contributed by atoms with Crippen LogP contribution in [0.15, 0.2) is 48.7 Å². The SMILES string of the molecule is CCN(CC)CCN1c2ccccc2C(=O)Nc2cnc(Nc3ccc(N4CCC(O)CC4)cc3OC)nc21. The number of amides is 1. The van der Waals surface area contributed by atoms with E-state index < -0.39 is 0 Å². The molecule has 10 heteroatoms. The zero-order chi connectivity index (χ0) is 27.4. The van der Waals surface area contributed by atoms with Crippen LogP contribution in [0, 0.1) is 0 Å². The quantitative estimate of drug-likeness (QED) is 0.374. The fourth-order valence-corrected chi connectivity index (χ4v) is 5.16. The minimum atomic E-state index is -0.224. The van der Waals surface area contributed by atoms with Crippen LogP contribution in [0.3, 0.4) is 0 Å². The summed E-state index contributed by atoms with van der Waals surface area (Å²) in [6, 6.07) is 13.6. The molecule has 1 aromatic heterocycles. The van der Waals surface area contributed by atoms with Gasteiger partial charge in [-0.3, -0.25) is 4.79 Å². The number of methoxy groups -OCH3 is 1. The van der Waals surface area contributed by atoms with Crippen LogP contribution in [-0.2, 0) is 0 Å². The van der Waals surface area contributed by atoms with E-state index in [9.17, 15) is 9.90 Å². The van der Waals surface area contributed by atoms with E-state index in [1.165, 1.54) is 0 Å². The molecule has 1 saturated heterocycles. The normalized spacial score (nSPS) is 15.5. The highest BCUT2D eigenvalue weighted by Crippen LogP contribution is 2.38. The molecule has 3 heterocycles. The Morgan fingerprint density at radius 2 is 1.92 bits per heavy atom. The number of aromatic nitrogens is 2. The average molecular weight is 532 g/mol. The Morgan fingerprint density at radius 3 is 2.67 bits per heavy atom. The van der Waals surface area contributed by atoms with E-state index in [0.29, 0.717) is 35.3 Å². The van der Waals surface area contributed by atoms with E-state index in [1.807, 2.05) is 42.5 Å². The van der Waals surface area contributed by atoms with Crippen LogP contribution >= 0.6 is 0 Å². The van der Waals surface area contributed by atoms with E-state index in [4.69, 9.17) is 9.72 Å². The minimum absolute atomic E-state index is 0.177. The summed E-state index contributed by atoms with van der Waals surface area (Å²) in [5, 5.41) is 16.2. The number of carbonyl (C=O) groups is 1. The number of nitrogens with zero attached hydrogens (tertiary/aromatic N) is 5. The lowest BCUT2D eigenvalue weighted by Gasteiger charge is -2.31. The number of rotatable bonds is 9. The molecule has 1 fully saturated rings. The molecular formula is C29H37N7O3. The molecule has 0 saturated carbocycles. The third kappa shape index (κ3) is 5.76. The van der Waals surface area contributed by atoms with E-state index in [2.05, 4.69) is 44.2 Å². The average Bonchev–Trinajstić information content (AvgIpc) is 3.08. The van der Waals surface area contributed by atoms with Crippen molar-refractivity contribution in [3.63, 3.8) is 0 Å². The highest BCUT2D eigenvalue weighted by atomic mass is 16.5. The van der Waals surface area contributed by atoms with Gasteiger partial charge in [0.25, 0.3) is 5.91 Å². The number of aliphatic hydroxyl groups excluding tert-OH is 1. The molecular weight excluding hydrogens is 494 g/mol. The lowest BCUT2D eigenvalue weighted by atomic mass is 10.1. The highest BCUT2D eigenvalue weighted by Gasteiger charge is 2.27. The Morgan fingerprint density at radius 1 is 1.15 bits per heavy atom. The van der Waals surface area contributed by atoms with Gasteiger partial charge >= 0.3 is 0 Å². The van der Waals surface area contributed by atoms with Crippen LogP contribution in [0.1, 0.15) is 37.0 Å². The van der Waals surface area contributed by atoms with Crippen molar-refractivity contribution in [3.05, 3.63) is 54.2 Å². The van der Waals surface area contributed by atoms with E-state index in [-0.39, 0.29) is 12.0 Å². The summed E-state index contributed by atoms with van der Waals surface area (Å²) in [4.78, 5) is 29.1. The van der Waals surface area contributed by atoms with Gasteiger partial charge in [-0.15, -0.1) is 0 Å². The second-order valence-corrected chi connectivity index (χ2v) is 9.81. The maximum absolute atomic E-state index is 13.1. The van der Waals surface area contributed by atoms with Crippen molar-refractivity contribution in [2.45, 2.75) is 32.8 Å². The van der Waals surface area contributed by atoms with Crippen LogP contribution in [-0.4, -0.2) is 78.4 Å². The first-order valence-corrected chi connectivity index (χ1v) is 13.7. The van der Waals surface area contributed by atoms with Gasteiger partial charge in [0.05, 0.1) is 36.3 Å². The fourth-order valence-electron chi connectivity index (χ4n) is 5.16. The van der Waals surface area contributed by atoms with Crippen molar-refractivity contribution in [2.75, 3.05) is 66.8 Å². The Balaban J connectivity index is 1.45. The van der Waals surface area contributed by atoms with Gasteiger partial charge in [0.2, 0.25) is 5.95 Å². The number of ether oxygens (including phenoxy) is 1. The number of anilines is 6. The van der Waals surface area contributed by atoms with Crippen molar-refractivity contribution >= 4 is 40.4 Å². The molecule has 10 nitrogen and oxygen atoms in total. The number of benzene rings is 2. The van der Waals surface area contributed by atoms with Gasteiger partial charge in [-0.05, 0) is 50.2 Å². The molecule has 5 rings (SSSR count). The summed E-state index contributed by atoms with van der Waals surface area (Å²) < 4.78 is 5.71. The first-order valence-electron chi connectivity index (χ1n) is 13.7. The number of nitrogens with one attached hydrogen (secondary N) is 2. The molecule has 2 aliphatic heterocycles. The van der Waals surface area contributed by atoms with E-state index >= 15 is 0 Å². The summed E-state index contributed by atoms with van der Waals surface area (Å²) >= 11 is 0. The standard InChI is InChI=1S/C29H37N7O3/c1-4-34(5-2)16-17-36-25-9-7-6-8-22(25)28(38)31-24-19-30-29(33-27(24)36)32-23-11-10-20(18-26(23)39-3)35-14-12-21(37)13-15-35/h6-11,18-19,21,37H,4-5,12-17H2,1-3H3,(H,31,38)(H,30,32,33). The third-order valence-electron chi connectivity index (χ3n) is 7.51. The predicted molar refractivity (Wildman–Crippen MR) is 155 cm³/mol. The molecule has 1 amide bonds. The summed E-state index contributed by atoms with van der Waals surface area (Å²) in [7, 11) is 1.64. The molecule has 206 valence electrons. The van der Waals surface area contributed by atoms with Crippen molar-refractivity contribution in [1.82, 2.24) is 14.9 Å². The first-order chi connectivity index (χ1) is 19.0. The zero-order valence-corrected chi connectivity index (χ0v) is 22.9. The molecule has 0 bridgehead atoms. The summed E-state index contributed by atoms with van der Waals surface area (Å²) in [6.07, 6.45) is 2.95. The van der Waals surface area contributed by atoms with E-state index in [0.717, 1.165) is 62.6 Å². The van der Waals surface area contributed by atoms with Crippen LogP contribution in [0.25, 0.3) is 0 Å². The van der Waals surface area contributed by atoms with Crippen molar-refractivity contribution in [3.8, 4) is 5.75 Å². The van der Waals surface area contributed by atoms with Gasteiger partial charge in [0.1, 0.15) is 11.4 Å². The Bertz CT molecular complexity index is 1310. The van der Waals surface area contributed by atoms with Crippen LogP contribution < -0.4 is 25.2 Å². The number of carbonyl (C=O) groups excluding carboxylic acids is 1. The Labute approximate surface area is 229 Å². The number of likely N-dealkylation sites (N-methyl/N-ethyl adjacent to an activating group) is 1. The second-order valence-electron chi connectivity index (χ2n) is 9.81. The monoisotopic (exact) mass is 531 g/mol. The lowest BCUT2D eigenvalue weighted by Crippen LogP contribution is -2.35. The van der Waals surface area contributed by atoms with Crippen LogP contribution in [0.5, 0.6) is 5.75 Å². The molecule has 3 N–H and O–H groups in total. The molecule has 2 aromatic carbocycles. The zero-order valence-electron chi connectivity index (χ0n) is 22.9.